The molecule has 0 bridgehead atoms. The smallest absolute Gasteiger partial charge is 0.0804 e. The zero-order valence-corrected chi connectivity index (χ0v) is 9.44. The quantitative estimate of drug-likeness (QED) is 0.418. The van der Waals surface area contributed by atoms with Gasteiger partial charge < -0.3 is 0 Å². The molecule has 1 rings (SSSR count). The van der Waals surface area contributed by atoms with E-state index in [0.717, 1.165) is 6.42 Å². The standard InChI is InChI=1S/C9H14.Na/c1-9(2,3)8-6-4-5-7-8;/h4-6H,7H2,1-3H3;/q;+1. The molecule has 0 aromatic rings. The summed E-state index contributed by atoms with van der Waals surface area (Å²) in [6, 6.07) is 0. The monoisotopic (exact) mass is 145 g/mol. The number of rotatable bonds is 0. The molecule has 50 valence electrons. The van der Waals surface area contributed by atoms with E-state index in [1.54, 1.807) is 5.57 Å². The van der Waals surface area contributed by atoms with E-state index in [0.29, 0.717) is 5.41 Å². The minimum absolute atomic E-state index is 0. The average molecular weight is 145 g/mol. The Labute approximate surface area is 85.7 Å². The molecule has 0 atom stereocenters. The molecule has 0 aromatic heterocycles. The third-order valence-corrected chi connectivity index (χ3v) is 1.73. The van der Waals surface area contributed by atoms with Gasteiger partial charge in [0.1, 0.15) is 0 Å². The predicted molar refractivity (Wildman–Crippen MR) is 41.3 cm³/mol. The van der Waals surface area contributed by atoms with Crippen molar-refractivity contribution in [3.05, 3.63) is 23.8 Å². The van der Waals surface area contributed by atoms with Crippen LogP contribution in [0.3, 0.4) is 0 Å². The van der Waals surface area contributed by atoms with Crippen LogP contribution < -0.4 is 29.6 Å². The van der Waals surface area contributed by atoms with Crippen LogP contribution in [-0.4, -0.2) is 0 Å². The van der Waals surface area contributed by atoms with Gasteiger partial charge in [0.2, 0.25) is 0 Å². The van der Waals surface area contributed by atoms with Crippen molar-refractivity contribution in [2.75, 3.05) is 0 Å². The minimum atomic E-state index is 0. The van der Waals surface area contributed by atoms with Gasteiger partial charge in [-0.3, -0.25) is 0 Å². The number of allylic oxidation sites excluding steroid dienone is 4. The van der Waals surface area contributed by atoms with Crippen molar-refractivity contribution in [1.82, 2.24) is 0 Å². The van der Waals surface area contributed by atoms with E-state index < -0.39 is 0 Å². The van der Waals surface area contributed by atoms with Crippen LogP contribution in [0.5, 0.6) is 0 Å². The molecule has 0 saturated carbocycles. The molecule has 0 aromatic carbocycles. The Morgan fingerprint density at radius 2 is 1.90 bits per heavy atom. The van der Waals surface area contributed by atoms with Crippen molar-refractivity contribution in [1.29, 1.82) is 0 Å². The van der Waals surface area contributed by atoms with Gasteiger partial charge in [-0.05, 0) is 11.8 Å². The van der Waals surface area contributed by atoms with Crippen LogP contribution in [0, 0.1) is 5.41 Å². The van der Waals surface area contributed by atoms with Crippen molar-refractivity contribution in [3.63, 3.8) is 0 Å². The summed E-state index contributed by atoms with van der Waals surface area (Å²) in [6.45, 7) is 6.77. The van der Waals surface area contributed by atoms with Gasteiger partial charge in [0.05, 0.1) is 0 Å². The van der Waals surface area contributed by atoms with Gasteiger partial charge >= 0.3 is 29.6 Å². The second kappa shape index (κ2) is 3.75. The summed E-state index contributed by atoms with van der Waals surface area (Å²) < 4.78 is 0. The first-order valence-electron chi connectivity index (χ1n) is 3.47. The Morgan fingerprint density at radius 3 is 2.10 bits per heavy atom. The van der Waals surface area contributed by atoms with Gasteiger partial charge in [-0.2, -0.15) is 0 Å². The molecule has 0 aliphatic heterocycles. The van der Waals surface area contributed by atoms with Crippen LogP contribution in [0.4, 0.5) is 0 Å². The minimum Gasteiger partial charge on any atom is -0.0804 e. The molecule has 0 fully saturated rings. The molecule has 0 N–H and O–H groups in total. The maximum Gasteiger partial charge on any atom is 1.00 e. The van der Waals surface area contributed by atoms with Crippen LogP contribution in [0.1, 0.15) is 27.2 Å². The summed E-state index contributed by atoms with van der Waals surface area (Å²) in [7, 11) is 0. The summed E-state index contributed by atoms with van der Waals surface area (Å²) in [6.07, 6.45) is 7.73. The van der Waals surface area contributed by atoms with E-state index >= 15 is 0 Å². The Kier molecular flexibility index (Phi) is 3.93. The molecule has 0 nitrogen and oxygen atoms in total. The summed E-state index contributed by atoms with van der Waals surface area (Å²) in [5.74, 6) is 0. The van der Waals surface area contributed by atoms with Crippen molar-refractivity contribution < 1.29 is 29.6 Å². The van der Waals surface area contributed by atoms with Crippen LogP contribution in [0.15, 0.2) is 23.8 Å². The number of hydrogen-bond donors (Lipinski definition) is 0. The Bertz CT molecular complexity index is 158. The van der Waals surface area contributed by atoms with E-state index in [1.807, 2.05) is 0 Å². The Hall–Kier alpha value is 0.480. The number of hydrogen-bond acceptors (Lipinski definition) is 0. The third-order valence-electron chi connectivity index (χ3n) is 1.73. The molecule has 0 radical (unpaired) electrons. The van der Waals surface area contributed by atoms with Crippen LogP contribution >= 0.6 is 0 Å². The van der Waals surface area contributed by atoms with E-state index in [2.05, 4.69) is 39.0 Å². The normalized spacial score (nSPS) is 16.5. The van der Waals surface area contributed by atoms with Gasteiger partial charge in [0.25, 0.3) is 0 Å². The SMILES string of the molecule is CC(C)(C)C1=CC=CC1.[Na+]. The summed E-state index contributed by atoms with van der Waals surface area (Å²) >= 11 is 0. The first kappa shape index (κ1) is 10.5. The van der Waals surface area contributed by atoms with E-state index in [1.165, 1.54) is 0 Å². The molecule has 0 unspecified atom stereocenters. The van der Waals surface area contributed by atoms with Crippen molar-refractivity contribution in [2.45, 2.75) is 27.2 Å². The molecule has 1 aliphatic rings. The second-order valence-corrected chi connectivity index (χ2v) is 3.57. The molecule has 0 spiro atoms. The fraction of sp³-hybridized carbons (Fsp3) is 0.556. The largest absolute Gasteiger partial charge is 1.00 e. The van der Waals surface area contributed by atoms with Crippen molar-refractivity contribution >= 4 is 0 Å². The van der Waals surface area contributed by atoms with Crippen molar-refractivity contribution in [3.8, 4) is 0 Å². The van der Waals surface area contributed by atoms with E-state index in [-0.39, 0.29) is 29.6 Å². The maximum absolute atomic E-state index is 2.26. The summed E-state index contributed by atoms with van der Waals surface area (Å²) in [5.41, 5.74) is 1.92. The summed E-state index contributed by atoms with van der Waals surface area (Å²) in [4.78, 5) is 0. The van der Waals surface area contributed by atoms with E-state index in [9.17, 15) is 0 Å². The van der Waals surface area contributed by atoms with Gasteiger partial charge in [-0.25, -0.2) is 0 Å². The maximum atomic E-state index is 2.26. The first-order valence-corrected chi connectivity index (χ1v) is 3.47. The van der Waals surface area contributed by atoms with Crippen molar-refractivity contribution in [2.24, 2.45) is 5.41 Å². The molecule has 10 heavy (non-hydrogen) atoms. The second-order valence-electron chi connectivity index (χ2n) is 3.57. The zero-order valence-electron chi connectivity index (χ0n) is 7.44. The van der Waals surface area contributed by atoms with Crippen LogP contribution in [0.25, 0.3) is 0 Å². The fourth-order valence-electron chi connectivity index (χ4n) is 1.00. The fourth-order valence-corrected chi connectivity index (χ4v) is 1.00. The Balaban J connectivity index is 0.000000810. The van der Waals surface area contributed by atoms with Crippen LogP contribution in [-0.2, 0) is 0 Å². The van der Waals surface area contributed by atoms with Gasteiger partial charge in [-0.15, -0.1) is 0 Å². The van der Waals surface area contributed by atoms with Gasteiger partial charge in [0.15, 0.2) is 0 Å². The Morgan fingerprint density at radius 1 is 1.30 bits per heavy atom. The molecule has 0 heterocycles. The zero-order chi connectivity index (χ0) is 6.91. The molecular weight excluding hydrogens is 131 g/mol. The first-order chi connectivity index (χ1) is 4.11. The predicted octanol–water partition coefficient (Wildman–Crippen LogP) is -0.0772. The molecule has 0 amide bonds. The third kappa shape index (κ3) is 2.61. The van der Waals surface area contributed by atoms with Gasteiger partial charge in [-0.1, -0.05) is 44.6 Å². The average Bonchev–Trinajstić information content (AvgIpc) is 2.08. The molecule has 1 heteroatoms. The van der Waals surface area contributed by atoms with Crippen LogP contribution in [0.2, 0.25) is 0 Å². The molecule has 0 saturated heterocycles. The van der Waals surface area contributed by atoms with E-state index in [4.69, 9.17) is 0 Å². The molecular formula is C9H14Na+. The topological polar surface area (TPSA) is 0 Å². The summed E-state index contributed by atoms with van der Waals surface area (Å²) in [5, 5.41) is 0. The van der Waals surface area contributed by atoms with Gasteiger partial charge in [0, 0.05) is 0 Å². The molecule has 1 aliphatic carbocycles.